The van der Waals surface area contributed by atoms with Gasteiger partial charge in [-0.05, 0) is 55.2 Å². The maximum Gasteiger partial charge on any atom is 0.160 e. The predicted molar refractivity (Wildman–Crippen MR) is 93.1 cm³/mol. The monoisotopic (exact) mass is 318 g/mol. The van der Waals surface area contributed by atoms with Crippen LogP contribution < -0.4 is 15.2 Å². The Labute approximate surface area is 139 Å². The zero-order valence-electron chi connectivity index (χ0n) is 14.6. The fourth-order valence-corrected chi connectivity index (χ4v) is 4.23. The zero-order chi connectivity index (χ0) is 16.4. The van der Waals surface area contributed by atoms with Gasteiger partial charge in [-0.1, -0.05) is 13.0 Å². The van der Waals surface area contributed by atoms with Gasteiger partial charge in [0.25, 0.3) is 0 Å². The second-order valence-corrected chi connectivity index (χ2v) is 7.44. The molecule has 3 rings (SSSR count). The van der Waals surface area contributed by atoms with Crippen LogP contribution in [0.25, 0.3) is 0 Å². The van der Waals surface area contributed by atoms with Gasteiger partial charge in [0.15, 0.2) is 11.5 Å². The summed E-state index contributed by atoms with van der Waals surface area (Å²) in [6, 6.07) is 7.34. The Bertz CT molecular complexity index is 528. The molecule has 0 amide bonds. The summed E-state index contributed by atoms with van der Waals surface area (Å²) in [5.74, 6) is 3.13. The van der Waals surface area contributed by atoms with Gasteiger partial charge in [0.1, 0.15) is 0 Å². The van der Waals surface area contributed by atoms with Crippen LogP contribution in [-0.4, -0.2) is 44.3 Å². The summed E-state index contributed by atoms with van der Waals surface area (Å²) in [4.78, 5) is 2.64. The highest BCUT2D eigenvalue weighted by Crippen LogP contribution is 2.35. The second-order valence-electron chi connectivity index (χ2n) is 7.44. The van der Waals surface area contributed by atoms with E-state index in [1.54, 1.807) is 14.2 Å². The van der Waals surface area contributed by atoms with Crippen molar-refractivity contribution in [2.24, 2.45) is 17.6 Å². The highest BCUT2D eigenvalue weighted by molar-refractivity contribution is 5.43. The third-order valence-electron chi connectivity index (χ3n) is 5.44. The first-order valence-corrected chi connectivity index (χ1v) is 8.79. The van der Waals surface area contributed by atoms with Gasteiger partial charge in [0, 0.05) is 25.2 Å². The van der Waals surface area contributed by atoms with E-state index in [2.05, 4.69) is 24.0 Å². The largest absolute Gasteiger partial charge is 0.493 e. The van der Waals surface area contributed by atoms with Crippen LogP contribution in [0.3, 0.4) is 0 Å². The molecule has 128 valence electrons. The normalized spacial score (nSPS) is 31.5. The van der Waals surface area contributed by atoms with E-state index in [-0.39, 0.29) is 0 Å². The van der Waals surface area contributed by atoms with Crippen molar-refractivity contribution in [3.63, 3.8) is 0 Å². The van der Waals surface area contributed by atoms with E-state index in [0.29, 0.717) is 12.0 Å². The topological polar surface area (TPSA) is 47.7 Å². The summed E-state index contributed by atoms with van der Waals surface area (Å²) in [6.07, 6.45) is 4.87. The van der Waals surface area contributed by atoms with Crippen molar-refractivity contribution in [1.82, 2.24) is 4.90 Å². The number of nitrogens with two attached hydrogens (primary N) is 1. The molecule has 2 N–H and O–H groups in total. The molecule has 1 saturated heterocycles. The van der Waals surface area contributed by atoms with Crippen molar-refractivity contribution in [3.05, 3.63) is 23.8 Å². The first kappa shape index (κ1) is 16.6. The summed E-state index contributed by atoms with van der Waals surface area (Å²) in [7, 11) is 3.37. The Morgan fingerprint density at radius 2 is 1.83 bits per heavy atom. The van der Waals surface area contributed by atoms with E-state index in [9.17, 15) is 0 Å². The van der Waals surface area contributed by atoms with Crippen molar-refractivity contribution >= 4 is 0 Å². The maximum atomic E-state index is 6.34. The lowest BCUT2D eigenvalue weighted by Crippen LogP contribution is -2.54. The molecule has 2 fully saturated rings. The maximum absolute atomic E-state index is 6.34. The molecule has 4 nitrogen and oxygen atoms in total. The fraction of sp³-hybridized carbons (Fsp3) is 0.684. The number of methoxy groups -OCH3 is 2. The lowest BCUT2D eigenvalue weighted by Gasteiger charge is -2.47. The molecule has 0 bridgehead atoms. The van der Waals surface area contributed by atoms with E-state index < -0.39 is 0 Å². The molecule has 23 heavy (non-hydrogen) atoms. The van der Waals surface area contributed by atoms with E-state index >= 15 is 0 Å². The van der Waals surface area contributed by atoms with E-state index in [1.807, 2.05) is 6.07 Å². The average molecular weight is 318 g/mol. The Morgan fingerprint density at radius 3 is 2.48 bits per heavy atom. The van der Waals surface area contributed by atoms with Crippen molar-refractivity contribution in [3.8, 4) is 11.5 Å². The van der Waals surface area contributed by atoms with Crippen molar-refractivity contribution in [2.75, 3.05) is 27.3 Å². The number of benzene rings is 1. The van der Waals surface area contributed by atoms with Gasteiger partial charge in [-0.25, -0.2) is 0 Å². The van der Waals surface area contributed by atoms with Crippen molar-refractivity contribution in [1.29, 1.82) is 0 Å². The molecular weight excluding hydrogens is 288 g/mol. The average Bonchev–Trinajstić information content (AvgIpc) is 2.51. The standard InChI is InChI=1S/C19H30N2O2/c1-13-6-17(7-13)21-11-15(9-16(20)12-21)8-14-4-5-18(22-2)19(10-14)23-3/h4-5,10,13,15-17H,6-9,11-12,20H2,1-3H3. The lowest BCUT2D eigenvalue weighted by atomic mass is 9.78. The number of piperidine rings is 1. The first-order chi connectivity index (χ1) is 11.1. The van der Waals surface area contributed by atoms with E-state index in [4.69, 9.17) is 15.2 Å². The minimum Gasteiger partial charge on any atom is -0.493 e. The first-order valence-electron chi connectivity index (χ1n) is 8.79. The molecule has 2 atom stereocenters. The Balaban J connectivity index is 1.64. The SMILES string of the molecule is COc1ccc(CC2CC(N)CN(C3CC(C)C3)C2)cc1OC. The Hall–Kier alpha value is -1.26. The van der Waals surface area contributed by atoms with E-state index in [1.165, 1.54) is 24.9 Å². The van der Waals surface area contributed by atoms with Gasteiger partial charge < -0.3 is 15.2 Å². The van der Waals surface area contributed by atoms with Gasteiger partial charge in [-0.2, -0.15) is 0 Å². The predicted octanol–water partition coefficient (Wildman–Crippen LogP) is 2.69. The molecule has 1 heterocycles. The third-order valence-corrected chi connectivity index (χ3v) is 5.44. The van der Waals surface area contributed by atoms with Crippen LogP contribution in [0.15, 0.2) is 18.2 Å². The summed E-state index contributed by atoms with van der Waals surface area (Å²) < 4.78 is 10.8. The number of ether oxygens (including phenoxy) is 2. The number of rotatable bonds is 5. The van der Waals surface area contributed by atoms with Gasteiger partial charge in [0.2, 0.25) is 0 Å². The second kappa shape index (κ2) is 7.10. The quantitative estimate of drug-likeness (QED) is 0.907. The van der Waals surface area contributed by atoms with Crippen LogP contribution in [0.1, 0.15) is 31.7 Å². The smallest absolute Gasteiger partial charge is 0.160 e. The third kappa shape index (κ3) is 3.81. The van der Waals surface area contributed by atoms with Gasteiger partial charge in [-0.15, -0.1) is 0 Å². The Kier molecular flexibility index (Phi) is 5.12. The van der Waals surface area contributed by atoms with Crippen LogP contribution in [0.5, 0.6) is 11.5 Å². The number of hydrogen-bond donors (Lipinski definition) is 1. The number of likely N-dealkylation sites (tertiary alicyclic amines) is 1. The van der Waals surface area contributed by atoms with Crippen LogP contribution in [0, 0.1) is 11.8 Å². The van der Waals surface area contributed by atoms with Gasteiger partial charge in [0.05, 0.1) is 14.2 Å². The summed E-state index contributed by atoms with van der Waals surface area (Å²) in [5, 5.41) is 0. The molecule has 1 aliphatic carbocycles. The molecule has 4 heteroatoms. The number of nitrogens with zero attached hydrogens (tertiary/aromatic N) is 1. The highest BCUT2D eigenvalue weighted by atomic mass is 16.5. The lowest BCUT2D eigenvalue weighted by molar-refractivity contribution is 0.0402. The summed E-state index contributed by atoms with van der Waals surface area (Å²) in [5.41, 5.74) is 7.64. The van der Waals surface area contributed by atoms with Gasteiger partial charge >= 0.3 is 0 Å². The zero-order valence-corrected chi connectivity index (χ0v) is 14.6. The molecule has 0 radical (unpaired) electrons. The fourth-order valence-electron chi connectivity index (χ4n) is 4.23. The highest BCUT2D eigenvalue weighted by Gasteiger charge is 2.35. The molecule has 1 saturated carbocycles. The van der Waals surface area contributed by atoms with Crippen LogP contribution >= 0.6 is 0 Å². The van der Waals surface area contributed by atoms with Gasteiger partial charge in [-0.3, -0.25) is 4.90 Å². The van der Waals surface area contributed by atoms with Crippen LogP contribution in [-0.2, 0) is 6.42 Å². The van der Waals surface area contributed by atoms with Crippen molar-refractivity contribution in [2.45, 2.75) is 44.7 Å². The Morgan fingerprint density at radius 1 is 1.09 bits per heavy atom. The molecule has 1 aliphatic heterocycles. The molecule has 2 aliphatic rings. The minimum atomic E-state index is 0.310. The molecule has 1 aromatic rings. The molecule has 0 aromatic heterocycles. The molecular formula is C19H30N2O2. The van der Waals surface area contributed by atoms with Crippen molar-refractivity contribution < 1.29 is 9.47 Å². The summed E-state index contributed by atoms with van der Waals surface area (Å²) >= 11 is 0. The van der Waals surface area contributed by atoms with Crippen LogP contribution in [0.4, 0.5) is 0 Å². The molecule has 1 aromatic carbocycles. The van der Waals surface area contributed by atoms with Crippen LogP contribution in [0.2, 0.25) is 0 Å². The van der Waals surface area contributed by atoms with E-state index in [0.717, 1.165) is 42.8 Å². The molecule has 0 spiro atoms. The minimum absolute atomic E-state index is 0.310. The molecule has 2 unspecified atom stereocenters. The number of hydrogen-bond acceptors (Lipinski definition) is 4. The summed E-state index contributed by atoms with van der Waals surface area (Å²) in [6.45, 7) is 4.60.